The van der Waals surface area contributed by atoms with Crippen LogP contribution >= 0.6 is 15.9 Å². The Labute approximate surface area is 142 Å². The minimum absolute atomic E-state index is 0.522. The fourth-order valence-corrected chi connectivity index (χ4v) is 2.85. The summed E-state index contributed by atoms with van der Waals surface area (Å²) < 4.78 is 11.6. The molecule has 0 aliphatic carbocycles. The first kappa shape index (κ1) is 15.6. The van der Waals surface area contributed by atoms with Gasteiger partial charge in [0.25, 0.3) is 0 Å². The van der Waals surface area contributed by atoms with Crippen molar-refractivity contribution in [1.29, 1.82) is 0 Å². The highest BCUT2D eigenvalue weighted by molar-refractivity contribution is 9.10. The van der Waals surface area contributed by atoms with Crippen molar-refractivity contribution in [2.24, 2.45) is 0 Å². The molecule has 0 aliphatic heterocycles. The van der Waals surface area contributed by atoms with Crippen molar-refractivity contribution >= 4 is 38.5 Å². The maximum atomic E-state index is 5.32. The van der Waals surface area contributed by atoms with Crippen molar-refractivity contribution in [3.05, 3.63) is 46.6 Å². The smallest absolute Gasteiger partial charge is 0.227 e. The Bertz CT molecular complexity index is 868. The minimum atomic E-state index is 0.522. The van der Waals surface area contributed by atoms with Gasteiger partial charge in [0, 0.05) is 22.1 Å². The highest BCUT2D eigenvalue weighted by atomic mass is 79.9. The summed E-state index contributed by atoms with van der Waals surface area (Å²) in [6.45, 7) is 2.04. The number of aromatic nitrogens is 2. The van der Waals surface area contributed by atoms with Crippen LogP contribution in [0.25, 0.3) is 10.9 Å². The fraction of sp³-hybridized carbons (Fsp3) is 0.176. The van der Waals surface area contributed by atoms with Gasteiger partial charge in [0.05, 0.1) is 25.4 Å². The summed E-state index contributed by atoms with van der Waals surface area (Å²) in [5.41, 5.74) is 2.87. The molecule has 0 fully saturated rings. The zero-order valence-corrected chi connectivity index (χ0v) is 14.6. The Balaban J connectivity index is 1.99. The van der Waals surface area contributed by atoms with Gasteiger partial charge in [-0.15, -0.1) is 0 Å². The van der Waals surface area contributed by atoms with Crippen molar-refractivity contribution in [2.45, 2.75) is 6.92 Å². The number of rotatable bonds is 4. The Morgan fingerprint density at radius 1 is 1.04 bits per heavy atom. The number of benzene rings is 2. The molecule has 1 N–H and O–H groups in total. The van der Waals surface area contributed by atoms with Gasteiger partial charge in [0.2, 0.25) is 5.95 Å². The third-order valence-corrected chi connectivity index (χ3v) is 4.11. The highest BCUT2D eigenvalue weighted by Crippen LogP contribution is 2.32. The standard InChI is InChI=1S/C17H16BrN3O2/c1-10-4-5-13(12(18)6-10)20-17-19-9-11-7-15(22-2)16(23-3)8-14(11)21-17/h4-9H,1-3H3,(H,19,20,21). The molecule has 0 saturated heterocycles. The normalized spacial score (nSPS) is 10.6. The highest BCUT2D eigenvalue weighted by Gasteiger charge is 2.09. The third-order valence-electron chi connectivity index (χ3n) is 3.46. The predicted molar refractivity (Wildman–Crippen MR) is 94.8 cm³/mol. The molecule has 118 valence electrons. The largest absolute Gasteiger partial charge is 0.493 e. The number of ether oxygens (including phenoxy) is 2. The van der Waals surface area contributed by atoms with Crippen LogP contribution in [0.5, 0.6) is 11.5 Å². The summed E-state index contributed by atoms with van der Waals surface area (Å²) in [7, 11) is 3.21. The van der Waals surface area contributed by atoms with E-state index in [4.69, 9.17) is 9.47 Å². The van der Waals surface area contributed by atoms with Crippen molar-refractivity contribution in [1.82, 2.24) is 9.97 Å². The van der Waals surface area contributed by atoms with E-state index < -0.39 is 0 Å². The van der Waals surface area contributed by atoms with E-state index in [9.17, 15) is 0 Å². The van der Waals surface area contributed by atoms with Crippen LogP contribution in [0.4, 0.5) is 11.6 Å². The van der Waals surface area contributed by atoms with Crippen molar-refractivity contribution in [3.63, 3.8) is 0 Å². The monoisotopic (exact) mass is 373 g/mol. The number of nitrogens with zero attached hydrogens (tertiary/aromatic N) is 2. The average molecular weight is 374 g/mol. The van der Waals surface area contributed by atoms with Crippen molar-refractivity contribution < 1.29 is 9.47 Å². The van der Waals surface area contributed by atoms with Crippen LogP contribution in [-0.2, 0) is 0 Å². The second-order valence-electron chi connectivity index (χ2n) is 5.07. The van der Waals surface area contributed by atoms with E-state index in [0.717, 1.165) is 21.1 Å². The van der Waals surface area contributed by atoms with Crippen LogP contribution in [0.1, 0.15) is 5.56 Å². The van der Waals surface area contributed by atoms with Crippen LogP contribution in [0, 0.1) is 6.92 Å². The maximum Gasteiger partial charge on any atom is 0.227 e. The molecular formula is C17H16BrN3O2. The molecule has 6 heteroatoms. The van der Waals surface area contributed by atoms with Crippen LogP contribution in [0.2, 0.25) is 0 Å². The van der Waals surface area contributed by atoms with Crippen molar-refractivity contribution in [2.75, 3.05) is 19.5 Å². The van der Waals surface area contributed by atoms with Crippen LogP contribution in [0.15, 0.2) is 41.0 Å². The topological polar surface area (TPSA) is 56.3 Å². The number of nitrogens with one attached hydrogen (secondary N) is 1. The quantitative estimate of drug-likeness (QED) is 0.731. The molecule has 0 radical (unpaired) electrons. The first-order valence-corrected chi connectivity index (χ1v) is 7.82. The summed E-state index contributed by atoms with van der Waals surface area (Å²) in [5, 5.41) is 4.10. The molecule has 0 atom stereocenters. The zero-order chi connectivity index (χ0) is 16.4. The van der Waals surface area contributed by atoms with Gasteiger partial charge in [-0.25, -0.2) is 9.97 Å². The SMILES string of the molecule is COc1cc2cnc(Nc3ccc(C)cc3Br)nc2cc1OC. The van der Waals surface area contributed by atoms with E-state index in [-0.39, 0.29) is 0 Å². The first-order chi connectivity index (χ1) is 11.1. The molecule has 0 spiro atoms. The molecule has 0 saturated carbocycles. The number of methoxy groups -OCH3 is 2. The number of halogens is 1. The van der Waals surface area contributed by atoms with E-state index in [1.807, 2.05) is 37.3 Å². The third kappa shape index (κ3) is 3.22. The molecule has 1 heterocycles. The predicted octanol–water partition coefficient (Wildman–Crippen LogP) is 4.46. The van der Waals surface area contributed by atoms with Crippen molar-refractivity contribution in [3.8, 4) is 11.5 Å². The minimum Gasteiger partial charge on any atom is -0.493 e. The summed E-state index contributed by atoms with van der Waals surface area (Å²) in [5.74, 6) is 1.82. The molecule has 1 aromatic heterocycles. The molecular weight excluding hydrogens is 358 g/mol. The maximum absolute atomic E-state index is 5.32. The molecule has 2 aromatic carbocycles. The Kier molecular flexibility index (Phi) is 4.34. The molecule has 0 bridgehead atoms. The van der Waals surface area contributed by atoms with Gasteiger partial charge in [-0.3, -0.25) is 0 Å². The molecule has 0 amide bonds. The van der Waals surface area contributed by atoms with Gasteiger partial charge in [-0.1, -0.05) is 6.07 Å². The van der Waals surface area contributed by atoms with E-state index in [2.05, 4.69) is 31.2 Å². The number of aryl methyl sites for hydroxylation is 1. The lowest BCUT2D eigenvalue weighted by Gasteiger charge is -2.11. The Hall–Kier alpha value is -2.34. The van der Waals surface area contributed by atoms with E-state index in [1.54, 1.807) is 20.4 Å². The van der Waals surface area contributed by atoms with Crippen LogP contribution < -0.4 is 14.8 Å². The van der Waals surface area contributed by atoms with Crippen LogP contribution in [-0.4, -0.2) is 24.2 Å². The number of hydrogen-bond donors (Lipinski definition) is 1. The summed E-state index contributed by atoms with van der Waals surface area (Å²) >= 11 is 3.54. The Morgan fingerprint density at radius 2 is 1.78 bits per heavy atom. The van der Waals surface area contributed by atoms with E-state index >= 15 is 0 Å². The molecule has 3 rings (SSSR count). The number of anilines is 2. The number of hydrogen-bond acceptors (Lipinski definition) is 5. The lowest BCUT2D eigenvalue weighted by Crippen LogP contribution is -1.99. The summed E-state index contributed by atoms with van der Waals surface area (Å²) in [4.78, 5) is 8.90. The Morgan fingerprint density at radius 3 is 2.48 bits per heavy atom. The van der Waals surface area contributed by atoms with Gasteiger partial charge in [-0.2, -0.15) is 0 Å². The van der Waals surface area contributed by atoms with E-state index in [0.29, 0.717) is 17.4 Å². The average Bonchev–Trinajstić information content (AvgIpc) is 2.56. The lowest BCUT2D eigenvalue weighted by atomic mass is 10.2. The first-order valence-electron chi connectivity index (χ1n) is 7.02. The number of fused-ring (bicyclic) bond motifs is 1. The van der Waals surface area contributed by atoms with Crippen LogP contribution in [0.3, 0.4) is 0 Å². The van der Waals surface area contributed by atoms with E-state index in [1.165, 1.54) is 5.56 Å². The van der Waals surface area contributed by atoms with Gasteiger partial charge in [0.15, 0.2) is 11.5 Å². The van der Waals surface area contributed by atoms with Gasteiger partial charge in [-0.05, 0) is 46.6 Å². The molecule has 0 aliphatic rings. The molecule has 23 heavy (non-hydrogen) atoms. The second kappa shape index (κ2) is 6.42. The summed E-state index contributed by atoms with van der Waals surface area (Å²) in [6, 6.07) is 9.76. The van der Waals surface area contributed by atoms with Gasteiger partial charge in [0.1, 0.15) is 0 Å². The molecule has 0 unspecified atom stereocenters. The summed E-state index contributed by atoms with van der Waals surface area (Å²) in [6.07, 6.45) is 1.76. The molecule has 3 aromatic rings. The van der Waals surface area contributed by atoms with Gasteiger partial charge >= 0.3 is 0 Å². The lowest BCUT2D eigenvalue weighted by molar-refractivity contribution is 0.356. The second-order valence-corrected chi connectivity index (χ2v) is 5.92. The van der Waals surface area contributed by atoms with Gasteiger partial charge < -0.3 is 14.8 Å². The zero-order valence-electron chi connectivity index (χ0n) is 13.1. The fourth-order valence-electron chi connectivity index (χ4n) is 2.26. The molecule has 5 nitrogen and oxygen atoms in total.